The molecule has 0 radical (unpaired) electrons. The summed E-state index contributed by atoms with van der Waals surface area (Å²) in [5.41, 5.74) is 5.35. The van der Waals surface area contributed by atoms with Gasteiger partial charge in [-0.2, -0.15) is 13.2 Å². The van der Waals surface area contributed by atoms with E-state index in [1.165, 1.54) is 11.8 Å². The highest BCUT2D eigenvalue weighted by Gasteiger charge is 2.42. The number of nitrogens with zero attached hydrogens (tertiary/aromatic N) is 1. The molecule has 0 bridgehead atoms. The molecule has 88 valence electrons. The number of hydrogen-bond acceptors (Lipinski definition) is 2. The predicted molar refractivity (Wildman–Crippen MR) is 49.0 cm³/mol. The molecule has 2 N–H and O–H groups in total. The van der Waals surface area contributed by atoms with Crippen LogP contribution < -0.4 is 5.73 Å². The summed E-state index contributed by atoms with van der Waals surface area (Å²) in [6, 6.07) is -0.725. The molecule has 0 aliphatic carbocycles. The summed E-state index contributed by atoms with van der Waals surface area (Å²) >= 11 is 0. The fraction of sp³-hybridized carbons (Fsp3) is 0.889. The average molecular weight is 224 g/mol. The van der Waals surface area contributed by atoms with Gasteiger partial charge in [-0.05, 0) is 19.8 Å². The Morgan fingerprint density at radius 2 is 2.13 bits per heavy atom. The molecular weight excluding hydrogens is 209 g/mol. The highest BCUT2D eigenvalue weighted by Crippen LogP contribution is 2.33. The largest absolute Gasteiger partial charge is 0.393 e. The Labute approximate surface area is 86.4 Å². The molecule has 1 heterocycles. The molecule has 0 aromatic rings. The molecule has 6 heteroatoms. The van der Waals surface area contributed by atoms with Crippen molar-refractivity contribution in [2.75, 3.05) is 13.1 Å². The Morgan fingerprint density at radius 1 is 1.53 bits per heavy atom. The summed E-state index contributed by atoms with van der Waals surface area (Å²) < 4.78 is 37.2. The molecule has 1 saturated heterocycles. The standard InChI is InChI=1S/C9H15F3N2O/c1-6(13)8(15)14-4-2-3-7(5-14)9(10,11)12/h6-7H,2-5,13H2,1H3/t6-,7?/m0/s1. The number of rotatable bonds is 1. The topological polar surface area (TPSA) is 46.3 Å². The molecule has 15 heavy (non-hydrogen) atoms. The van der Waals surface area contributed by atoms with Crippen LogP contribution in [0.15, 0.2) is 0 Å². The minimum Gasteiger partial charge on any atom is -0.341 e. The van der Waals surface area contributed by atoms with Crippen LogP contribution in [0.1, 0.15) is 19.8 Å². The normalized spacial score (nSPS) is 25.1. The SMILES string of the molecule is C[C@H](N)C(=O)N1CCCC(C(F)(F)F)C1. The zero-order valence-corrected chi connectivity index (χ0v) is 8.55. The van der Waals surface area contributed by atoms with Gasteiger partial charge in [0, 0.05) is 13.1 Å². The van der Waals surface area contributed by atoms with Crippen molar-refractivity contribution in [3.8, 4) is 0 Å². The maximum Gasteiger partial charge on any atom is 0.393 e. The second kappa shape index (κ2) is 4.38. The van der Waals surface area contributed by atoms with Crippen molar-refractivity contribution in [2.24, 2.45) is 11.7 Å². The van der Waals surface area contributed by atoms with Gasteiger partial charge in [0.05, 0.1) is 12.0 Å². The molecule has 2 atom stereocenters. The third kappa shape index (κ3) is 3.09. The van der Waals surface area contributed by atoms with E-state index in [4.69, 9.17) is 5.73 Å². The van der Waals surface area contributed by atoms with Gasteiger partial charge >= 0.3 is 6.18 Å². The molecule has 1 unspecified atom stereocenters. The Morgan fingerprint density at radius 3 is 2.60 bits per heavy atom. The van der Waals surface area contributed by atoms with Gasteiger partial charge in [-0.25, -0.2) is 0 Å². The minimum absolute atomic E-state index is 0.103. The van der Waals surface area contributed by atoms with Crippen molar-refractivity contribution in [1.29, 1.82) is 0 Å². The van der Waals surface area contributed by atoms with Crippen molar-refractivity contribution in [3.05, 3.63) is 0 Å². The van der Waals surface area contributed by atoms with Crippen LogP contribution in [-0.2, 0) is 4.79 Å². The number of hydrogen-bond donors (Lipinski definition) is 1. The van der Waals surface area contributed by atoms with Crippen LogP contribution in [0.2, 0.25) is 0 Å². The maximum atomic E-state index is 12.4. The second-order valence-electron chi connectivity index (χ2n) is 3.95. The number of amides is 1. The van der Waals surface area contributed by atoms with E-state index in [1.54, 1.807) is 0 Å². The highest BCUT2D eigenvalue weighted by atomic mass is 19.4. The number of likely N-dealkylation sites (tertiary alicyclic amines) is 1. The van der Waals surface area contributed by atoms with Crippen LogP contribution in [0, 0.1) is 5.92 Å². The number of nitrogens with two attached hydrogens (primary N) is 1. The molecule has 0 saturated carbocycles. The van der Waals surface area contributed by atoms with Gasteiger partial charge in [-0.3, -0.25) is 4.79 Å². The first-order chi connectivity index (χ1) is 6.82. The molecular formula is C9H15F3N2O. The van der Waals surface area contributed by atoms with Gasteiger partial charge in [0.1, 0.15) is 0 Å². The summed E-state index contributed by atoms with van der Waals surface area (Å²) in [6.45, 7) is 1.62. The van der Waals surface area contributed by atoms with E-state index in [0.29, 0.717) is 13.0 Å². The number of alkyl halides is 3. The second-order valence-corrected chi connectivity index (χ2v) is 3.95. The lowest BCUT2D eigenvalue weighted by Crippen LogP contribution is -2.49. The van der Waals surface area contributed by atoms with E-state index in [2.05, 4.69) is 0 Å². The van der Waals surface area contributed by atoms with Gasteiger partial charge in [0.2, 0.25) is 5.91 Å². The zero-order chi connectivity index (χ0) is 11.6. The van der Waals surface area contributed by atoms with Gasteiger partial charge in [-0.1, -0.05) is 0 Å². The molecule has 3 nitrogen and oxygen atoms in total. The van der Waals surface area contributed by atoms with Crippen molar-refractivity contribution < 1.29 is 18.0 Å². The number of piperidine rings is 1. The molecule has 1 aliphatic rings. The fourth-order valence-corrected chi connectivity index (χ4v) is 1.73. The first-order valence-electron chi connectivity index (χ1n) is 4.93. The Bertz CT molecular complexity index is 240. The van der Waals surface area contributed by atoms with E-state index in [0.717, 1.165) is 0 Å². The molecule has 1 rings (SSSR count). The zero-order valence-electron chi connectivity index (χ0n) is 8.55. The predicted octanol–water partition coefficient (Wildman–Crippen LogP) is 1.13. The van der Waals surface area contributed by atoms with E-state index in [-0.39, 0.29) is 13.0 Å². The van der Waals surface area contributed by atoms with Crippen molar-refractivity contribution in [2.45, 2.75) is 32.0 Å². The van der Waals surface area contributed by atoms with Gasteiger partial charge in [0.25, 0.3) is 0 Å². The number of carbonyl (C=O) groups excluding carboxylic acids is 1. The third-order valence-corrected chi connectivity index (χ3v) is 2.59. The minimum atomic E-state index is -4.21. The molecule has 1 aliphatic heterocycles. The smallest absolute Gasteiger partial charge is 0.341 e. The first-order valence-corrected chi connectivity index (χ1v) is 4.93. The number of halogens is 3. The highest BCUT2D eigenvalue weighted by molar-refractivity contribution is 5.81. The number of carbonyl (C=O) groups is 1. The van der Waals surface area contributed by atoms with Crippen molar-refractivity contribution in [1.82, 2.24) is 4.90 Å². The van der Waals surface area contributed by atoms with Crippen LogP contribution in [0.5, 0.6) is 0 Å². The lowest BCUT2D eigenvalue weighted by Gasteiger charge is -2.34. The first kappa shape index (κ1) is 12.3. The summed E-state index contributed by atoms with van der Waals surface area (Å²) in [5.74, 6) is -1.79. The summed E-state index contributed by atoms with van der Waals surface area (Å²) in [4.78, 5) is 12.6. The molecule has 0 spiro atoms. The Hall–Kier alpha value is -0.780. The fourth-order valence-electron chi connectivity index (χ4n) is 1.73. The van der Waals surface area contributed by atoms with Crippen LogP contribution in [0.3, 0.4) is 0 Å². The van der Waals surface area contributed by atoms with E-state index in [9.17, 15) is 18.0 Å². The summed E-state index contributed by atoms with van der Waals surface area (Å²) in [7, 11) is 0. The monoisotopic (exact) mass is 224 g/mol. The lowest BCUT2D eigenvalue weighted by atomic mass is 9.97. The molecule has 0 aromatic carbocycles. The van der Waals surface area contributed by atoms with Gasteiger partial charge < -0.3 is 10.6 Å². The summed E-state index contributed by atoms with van der Waals surface area (Å²) in [5, 5.41) is 0. The Balaban J connectivity index is 2.60. The average Bonchev–Trinajstić information content (AvgIpc) is 2.15. The van der Waals surface area contributed by atoms with Crippen LogP contribution in [-0.4, -0.2) is 36.1 Å². The quantitative estimate of drug-likeness (QED) is 0.725. The molecule has 0 aromatic heterocycles. The van der Waals surface area contributed by atoms with Crippen molar-refractivity contribution >= 4 is 5.91 Å². The summed E-state index contributed by atoms with van der Waals surface area (Å²) in [6.07, 6.45) is -3.72. The van der Waals surface area contributed by atoms with E-state index < -0.39 is 24.0 Å². The lowest BCUT2D eigenvalue weighted by molar-refractivity contribution is -0.188. The maximum absolute atomic E-state index is 12.4. The van der Waals surface area contributed by atoms with Crippen LogP contribution >= 0.6 is 0 Å². The van der Waals surface area contributed by atoms with E-state index in [1.807, 2.05) is 0 Å². The third-order valence-electron chi connectivity index (χ3n) is 2.59. The van der Waals surface area contributed by atoms with Crippen LogP contribution in [0.4, 0.5) is 13.2 Å². The van der Waals surface area contributed by atoms with Gasteiger partial charge in [-0.15, -0.1) is 0 Å². The Kier molecular flexibility index (Phi) is 3.59. The van der Waals surface area contributed by atoms with Gasteiger partial charge in [0.15, 0.2) is 0 Å². The van der Waals surface area contributed by atoms with E-state index >= 15 is 0 Å². The molecule has 1 amide bonds. The van der Waals surface area contributed by atoms with Crippen molar-refractivity contribution in [3.63, 3.8) is 0 Å². The molecule has 1 fully saturated rings. The van der Waals surface area contributed by atoms with Crippen LogP contribution in [0.25, 0.3) is 0 Å².